The smallest absolute Gasteiger partial charge is 0.296 e. The third-order valence-electron chi connectivity index (χ3n) is 5.16. The van der Waals surface area contributed by atoms with Gasteiger partial charge in [0.1, 0.15) is 0 Å². The third-order valence-corrected chi connectivity index (χ3v) is 9.26. The molecule has 0 radical (unpaired) electrons. The summed E-state index contributed by atoms with van der Waals surface area (Å²) in [6.45, 7) is 1.14. The summed E-state index contributed by atoms with van der Waals surface area (Å²) in [6.07, 6.45) is -5.74. The Bertz CT molecular complexity index is 1270. The fourth-order valence-corrected chi connectivity index (χ4v) is 7.41. The fourth-order valence-electron chi connectivity index (χ4n) is 3.55. The number of hydrogen-bond acceptors (Lipinski definition) is 6. The summed E-state index contributed by atoms with van der Waals surface area (Å²) < 4.78 is 70.9. The Morgan fingerprint density at radius 2 is 1.81 bits per heavy atom. The first kappa shape index (κ1) is 23.0. The third kappa shape index (κ3) is 4.63. The molecule has 12 heteroatoms. The highest BCUT2D eigenvalue weighted by molar-refractivity contribution is 8.01. The molecule has 1 N–H and O–H groups in total. The van der Waals surface area contributed by atoms with Crippen molar-refractivity contribution in [2.24, 2.45) is 0 Å². The first-order valence-corrected chi connectivity index (χ1v) is 12.7. The zero-order valence-electron chi connectivity index (χ0n) is 16.7. The Morgan fingerprint density at radius 3 is 2.41 bits per heavy atom. The number of nitrogens with one attached hydrogen (secondary N) is 1. The molecule has 2 atom stereocenters. The Balaban J connectivity index is 1.68. The highest BCUT2D eigenvalue weighted by atomic mass is 32.2. The molecule has 0 saturated heterocycles. The van der Waals surface area contributed by atoms with E-state index in [2.05, 4.69) is 9.36 Å². The van der Waals surface area contributed by atoms with Gasteiger partial charge in [0.15, 0.2) is 5.82 Å². The molecule has 0 bridgehead atoms. The first-order chi connectivity index (χ1) is 15.1. The molecular weight excluding hydrogens is 483 g/mol. The fraction of sp³-hybridized carbons (Fsp3) is 0.300. The van der Waals surface area contributed by atoms with Gasteiger partial charge in [0, 0.05) is 34.5 Å². The Kier molecular flexibility index (Phi) is 6.23. The zero-order chi connectivity index (χ0) is 23.1. The van der Waals surface area contributed by atoms with E-state index in [-0.39, 0.29) is 15.7 Å². The van der Waals surface area contributed by atoms with Crippen LogP contribution in [0.4, 0.5) is 13.2 Å². The van der Waals surface area contributed by atoms with Gasteiger partial charge in [-0.15, -0.1) is 11.8 Å². The van der Waals surface area contributed by atoms with Crippen LogP contribution in [-0.2, 0) is 10.0 Å². The lowest BCUT2D eigenvalue weighted by Crippen LogP contribution is -2.41. The van der Waals surface area contributed by atoms with Crippen LogP contribution in [0.2, 0.25) is 0 Å². The normalized spacial score (nSPS) is 18.8. The van der Waals surface area contributed by atoms with Crippen LogP contribution in [0, 0.1) is 0 Å². The van der Waals surface area contributed by atoms with E-state index in [1.807, 2.05) is 31.2 Å². The van der Waals surface area contributed by atoms with E-state index < -0.39 is 34.5 Å². The Morgan fingerprint density at radius 1 is 1.12 bits per heavy atom. The van der Waals surface area contributed by atoms with Crippen molar-refractivity contribution in [3.8, 4) is 11.4 Å². The number of aromatic amines is 1. The molecule has 0 amide bonds. The van der Waals surface area contributed by atoms with Crippen LogP contribution in [0.5, 0.6) is 0 Å². The second kappa shape index (κ2) is 8.65. The summed E-state index contributed by atoms with van der Waals surface area (Å²) in [4.78, 5) is 14.2. The number of thioether (sulfide) groups is 1. The molecule has 0 saturated carbocycles. The highest BCUT2D eigenvalue weighted by Crippen LogP contribution is 2.48. The van der Waals surface area contributed by atoms with Gasteiger partial charge in [-0.1, -0.05) is 25.1 Å². The molecular formula is C20H18F3N3O3S3. The predicted molar refractivity (Wildman–Crippen MR) is 117 cm³/mol. The van der Waals surface area contributed by atoms with Crippen molar-refractivity contribution in [2.45, 2.75) is 40.6 Å². The van der Waals surface area contributed by atoms with Crippen LogP contribution >= 0.6 is 23.3 Å². The van der Waals surface area contributed by atoms with Gasteiger partial charge in [0.25, 0.3) is 0 Å². The molecule has 6 nitrogen and oxygen atoms in total. The van der Waals surface area contributed by atoms with E-state index in [0.717, 1.165) is 26.3 Å². The molecule has 0 fully saturated rings. The number of hydrogen-bond donors (Lipinski definition) is 1. The van der Waals surface area contributed by atoms with E-state index in [9.17, 15) is 26.4 Å². The average molecular weight is 502 g/mol. The summed E-state index contributed by atoms with van der Waals surface area (Å²) in [5.74, 6) is 0.0202. The van der Waals surface area contributed by atoms with Crippen molar-refractivity contribution in [2.75, 3.05) is 6.54 Å². The van der Waals surface area contributed by atoms with Gasteiger partial charge >= 0.3 is 11.0 Å². The number of benzene rings is 2. The summed E-state index contributed by atoms with van der Waals surface area (Å²) >= 11 is 2.00. The van der Waals surface area contributed by atoms with Crippen LogP contribution in [-0.4, -0.2) is 40.2 Å². The minimum absolute atomic E-state index is 0.121. The number of H-pyrrole nitrogens is 1. The molecule has 32 heavy (non-hydrogen) atoms. The lowest BCUT2D eigenvalue weighted by Gasteiger charge is -2.30. The van der Waals surface area contributed by atoms with Crippen molar-refractivity contribution in [3.63, 3.8) is 0 Å². The van der Waals surface area contributed by atoms with Crippen molar-refractivity contribution in [1.82, 2.24) is 13.7 Å². The van der Waals surface area contributed by atoms with E-state index >= 15 is 0 Å². The van der Waals surface area contributed by atoms with Crippen molar-refractivity contribution >= 4 is 33.3 Å². The number of alkyl halides is 3. The quantitative estimate of drug-likeness (QED) is 0.531. The minimum Gasteiger partial charge on any atom is -0.296 e. The van der Waals surface area contributed by atoms with Crippen LogP contribution < -0.4 is 4.87 Å². The number of rotatable bonds is 6. The van der Waals surface area contributed by atoms with E-state index in [0.29, 0.717) is 11.4 Å². The first-order valence-electron chi connectivity index (χ1n) is 9.57. The van der Waals surface area contributed by atoms with E-state index in [4.69, 9.17) is 0 Å². The molecule has 4 rings (SSSR count). The Hall–Kier alpha value is -2.15. The second-order valence-electron chi connectivity index (χ2n) is 7.28. The maximum Gasteiger partial charge on any atom is 0.390 e. The zero-order valence-corrected chi connectivity index (χ0v) is 19.1. The summed E-state index contributed by atoms with van der Waals surface area (Å²) in [5.41, 5.74) is 1.41. The monoisotopic (exact) mass is 501 g/mol. The van der Waals surface area contributed by atoms with Crippen molar-refractivity contribution in [1.29, 1.82) is 0 Å². The molecule has 1 aromatic heterocycles. The number of nitrogens with zero attached hydrogens (tertiary/aromatic N) is 2. The van der Waals surface area contributed by atoms with Crippen molar-refractivity contribution < 1.29 is 21.6 Å². The summed E-state index contributed by atoms with van der Waals surface area (Å²) in [6, 6.07) is 12.9. The van der Waals surface area contributed by atoms with Crippen LogP contribution in [0.1, 0.15) is 24.8 Å². The number of fused-ring (bicyclic) bond motifs is 1. The second-order valence-corrected chi connectivity index (χ2v) is 11.1. The lowest BCUT2D eigenvalue weighted by molar-refractivity contribution is -0.135. The summed E-state index contributed by atoms with van der Waals surface area (Å²) in [5, 5.41) is -0.700. The Labute approximate surface area is 190 Å². The molecule has 170 valence electrons. The van der Waals surface area contributed by atoms with Gasteiger partial charge in [0.05, 0.1) is 16.7 Å². The van der Waals surface area contributed by atoms with E-state index in [1.165, 1.54) is 36.0 Å². The number of sulfonamides is 1. The molecule has 0 aliphatic carbocycles. The van der Waals surface area contributed by atoms with Crippen LogP contribution in [0.3, 0.4) is 0 Å². The molecule has 1 aliphatic heterocycles. The SMILES string of the molecule is CC1c2ccccc2SC1N(CCC(F)(F)F)S(=O)(=O)c1ccc(-c2nsc(=O)[nH]2)cc1. The number of aromatic nitrogens is 2. The number of halogens is 3. The average Bonchev–Trinajstić information content (AvgIpc) is 3.31. The molecule has 1 aliphatic rings. The van der Waals surface area contributed by atoms with E-state index in [1.54, 1.807) is 0 Å². The highest BCUT2D eigenvalue weighted by Gasteiger charge is 2.42. The van der Waals surface area contributed by atoms with Crippen molar-refractivity contribution in [3.05, 3.63) is 63.8 Å². The molecule has 3 aromatic rings. The molecule has 2 aromatic carbocycles. The summed E-state index contributed by atoms with van der Waals surface area (Å²) in [7, 11) is -4.23. The van der Waals surface area contributed by atoms with Crippen LogP contribution in [0.15, 0.2) is 63.1 Å². The maximum absolute atomic E-state index is 13.5. The van der Waals surface area contributed by atoms with Gasteiger partial charge in [0.2, 0.25) is 10.0 Å². The maximum atomic E-state index is 13.5. The van der Waals surface area contributed by atoms with Gasteiger partial charge in [-0.3, -0.25) is 9.78 Å². The van der Waals surface area contributed by atoms with Gasteiger partial charge in [-0.25, -0.2) is 8.42 Å². The topological polar surface area (TPSA) is 83.1 Å². The molecule has 2 unspecified atom stereocenters. The predicted octanol–water partition coefficient (Wildman–Crippen LogP) is 4.68. The largest absolute Gasteiger partial charge is 0.390 e. The molecule has 0 spiro atoms. The van der Waals surface area contributed by atoms with Crippen LogP contribution in [0.25, 0.3) is 11.4 Å². The molecule has 2 heterocycles. The lowest BCUT2D eigenvalue weighted by atomic mass is 10.0. The standard InChI is InChI=1S/C20H18F3N3O3S3/c1-12-15-4-2-3-5-16(15)30-18(12)26(11-10-20(21,22)23)32(28,29)14-8-6-13(7-9-14)17-24-19(27)31-25-17/h2-9,12,18H,10-11H2,1H3,(H,24,25,27). The van der Waals surface area contributed by atoms with Gasteiger partial charge in [-0.2, -0.15) is 21.9 Å². The van der Waals surface area contributed by atoms with Gasteiger partial charge in [-0.05, 0) is 35.9 Å². The van der Waals surface area contributed by atoms with Gasteiger partial charge < -0.3 is 0 Å². The minimum atomic E-state index is -4.49.